The first-order chi connectivity index (χ1) is 21.8. The number of rotatable bonds is 10. The molecule has 1 saturated heterocycles. The van der Waals surface area contributed by atoms with Crippen molar-refractivity contribution in [1.82, 2.24) is 9.88 Å². The lowest BCUT2D eigenvalue weighted by Gasteiger charge is -2.22. The molecular weight excluding hydrogens is 628 g/mol. The molecule has 1 aromatic heterocycles. The van der Waals surface area contributed by atoms with Gasteiger partial charge in [0.2, 0.25) is 11.8 Å². The van der Waals surface area contributed by atoms with Gasteiger partial charge in [-0.3, -0.25) is 19.2 Å². The summed E-state index contributed by atoms with van der Waals surface area (Å²) in [5.41, 5.74) is 5.32. The largest absolute Gasteiger partial charge is 0.481 e. The lowest BCUT2D eigenvalue weighted by molar-refractivity contribution is -0.139. The zero-order chi connectivity index (χ0) is 33.9. The van der Waals surface area contributed by atoms with Crippen LogP contribution in [0.25, 0.3) is 10.2 Å². The van der Waals surface area contributed by atoms with Gasteiger partial charge in [-0.15, -0.1) is 0 Å². The highest BCUT2D eigenvalue weighted by atomic mass is 32.1. The smallest absolute Gasteiger partial charge is 0.416 e. The molecule has 2 aliphatic rings. The van der Waals surface area contributed by atoms with Crippen molar-refractivity contribution in [2.24, 2.45) is 17.6 Å². The second-order valence-electron chi connectivity index (χ2n) is 11.0. The third-order valence-electron chi connectivity index (χ3n) is 7.43. The summed E-state index contributed by atoms with van der Waals surface area (Å²) in [7, 11) is 0. The lowest BCUT2D eigenvalue weighted by Crippen LogP contribution is -2.45. The van der Waals surface area contributed by atoms with Gasteiger partial charge in [0.15, 0.2) is 0 Å². The number of aromatic nitrogens is 1. The Kier molecular flexibility index (Phi) is 13.3. The molecule has 9 nitrogen and oxygen atoms in total. The Bertz CT molecular complexity index is 1570. The number of likely N-dealkylation sites (tertiary alicyclic amines) is 1. The molecule has 0 bridgehead atoms. The highest BCUT2D eigenvalue weighted by molar-refractivity contribution is 7.16. The van der Waals surface area contributed by atoms with E-state index in [-0.39, 0.29) is 34.7 Å². The van der Waals surface area contributed by atoms with Crippen molar-refractivity contribution in [1.29, 1.82) is 0 Å². The number of carboxylic acids is 1. The molecule has 2 aromatic carbocycles. The quantitative estimate of drug-likeness (QED) is 0.116. The molecule has 1 aliphatic heterocycles. The summed E-state index contributed by atoms with van der Waals surface area (Å²) in [5, 5.41) is 11.3. The number of amides is 2. The number of alkyl halides is 3. The predicted octanol–water partition coefficient (Wildman–Crippen LogP) is 6.17. The standard InChI is InChI=1S/C14H16F3N3O2.C11H18O2.C7H4FNOS/c15-14(16,17)9-3-1-4-10(7-9)19-8-12(21)20-6-2-5-11(20)13(18)22;1-2-3-4-5-6-7-9-8-10(9)11(12)13;8-4-1-2-5-6(3-4)11-7(10)9-5/h1,3-4,7,11,19H,2,5-6,8H2,(H2,18,22);6-7,9-10H,2-5,8H2,1H3,(H,12,13);1-3H,(H,9,10)/b;7-6-;. The maximum atomic E-state index is 12.6. The van der Waals surface area contributed by atoms with E-state index in [0.29, 0.717) is 35.5 Å². The summed E-state index contributed by atoms with van der Waals surface area (Å²) in [4.78, 5) is 48.3. The minimum absolute atomic E-state index is 0.0811. The van der Waals surface area contributed by atoms with E-state index >= 15 is 0 Å². The van der Waals surface area contributed by atoms with E-state index in [1.807, 2.05) is 0 Å². The first-order valence-corrected chi connectivity index (χ1v) is 15.8. The van der Waals surface area contributed by atoms with Crippen LogP contribution in [0.4, 0.5) is 23.2 Å². The van der Waals surface area contributed by atoms with E-state index in [0.717, 1.165) is 36.3 Å². The van der Waals surface area contributed by atoms with Crippen LogP contribution in [0.15, 0.2) is 59.4 Å². The number of nitrogens with two attached hydrogens (primary N) is 1. The van der Waals surface area contributed by atoms with E-state index in [1.165, 1.54) is 48.4 Å². The molecule has 1 aliphatic carbocycles. The van der Waals surface area contributed by atoms with Gasteiger partial charge < -0.3 is 26.0 Å². The molecule has 0 radical (unpaired) electrons. The number of allylic oxidation sites excluding steroid dienone is 2. The fourth-order valence-corrected chi connectivity index (χ4v) is 5.62. The summed E-state index contributed by atoms with van der Waals surface area (Å²) in [6.45, 7) is 2.42. The van der Waals surface area contributed by atoms with Crippen molar-refractivity contribution in [2.45, 2.75) is 64.1 Å². The predicted molar refractivity (Wildman–Crippen MR) is 169 cm³/mol. The van der Waals surface area contributed by atoms with Gasteiger partial charge in [0, 0.05) is 12.2 Å². The summed E-state index contributed by atoms with van der Waals surface area (Å²) in [5.74, 6) is -1.62. The highest BCUT2D eigenvalue weighted by Gasteiger charge is 2.41. The third-order valence-corrected chi connectivity index (χ3v) is 8.28. The summed E-state index contributed by atoms with van der Waals surface area (Å²) >= 11 is 1.02. The lowest BCUT2D eigenvalue weighted by atomic mass is 10.2. The van der Waals surface area contributed by atoms with Crippen LogP contribution in [0.3, 0.4) is 0 Å². The molecule has 2 amide bonds. The van der Waals surface area contributed by atoms with E-state index in [9.17, 15) is 36.7 Å². The van der Waals surface area contributed by atoms with E-state index in [4.69, 9.17) is 10.8 Å². The number of carbonyl (C=O) groups is 3. The number of hydrogen-bond acceptors (Lipinski definition) is 6. The molecule has 3 atom stereocenters. The normalized spacial score (nSPS) is 18.8. The maximum Gasteiger partial charge on any atom is 0.416 e. The molecule has 5 N–H and O–H groups in total. The number of hydrogen-bond donors (Lipinski definition) is 4. The molecule has 46 heavy (non-hydrogen) atoms. The van der Waals surface area contributed by atoms with Crippen LogP contribution in [0, 0.1) is 17.7 Å². The molecule has 1 saturated carbocycles. The molecule has 0 spiro atoms. The zero-order valence-corrected chi connectivity index (χ0v) is 26.1. The van der Waals surface area contributed by atoms with Gasteiger partial charge in [0.1, 0.15) is 11.9 Å². The maximum absolute atomic E-state index is 12.6. The third kappa shape index (κ3) is 11.3. The Labute approximate surface area is 267 Å². The van der Waals surface area contributed by atoms with E-state index < -0.39 is 29.7 Å². The van der Waals surface area contributed by atoms with Crippen molar-refractivity contribution in [2.75, 3.05) is 18.4 Å². The summed E-state index contributed by atoms with van der Waals surface area (Å²) in [6, 6.07) is 8.19. The number of carboxylic acid groups (broad SMARTS) is 1. The van der Waals surface area contributed by atoms with Crippen LogP contribution in [0.5, 0.6) is 0 Å². The van der Waals surface area contributed by atoms with Crippen molar-refractivity contribution in [3.63, 3.8) is 0 Å². The van der Waals surface area contributed by atoms with E-state index in [2.05, 4.69) is 29.4 Å². The van der Waals surface area contributed by atoms with Crippen LogP contribution in [0.2, 0.25) is 0 Å². The number of H-pyrrole nitrogens is 1. The number of thiazole rings is 1. The Morgan fingerprint density at radius 1 is 1.17 bits per heavy atom. The highest BCUT2D eigenvalue weighted by Crippen LogP contribution is 2.39. The number of aliphatic carboxylic acids is 1. The number of anilines is 1. The molecule has 2 fully saturated rings. The molecule has 3 unspecified atom stereocenters. The fraction of sp³-hybridized carbons (Fsp3) is 0.438. The molecular formula is C32H38F4N4O5S. The van der Waals surface area contributed by atoms with Gasteiger partial charge >= 0.3 is 17.0 Å². The molecule has 250 valence electrons. The topological polar surface area (TPSA) is 146 Å². The van der Waals surface area contributed by atoms with Gasteiger partial charge in [-0.1, -0.05) is 49.3 Å². The number of fused-ring (bicyclic) bond motifs is 1. The Morgan fingerprint density at radius 2 is 1.93 bits per heavy atom. The average Bonchev–Trinajstić information content (AvgIpc) is 3.43. The van der Waals surface area contributed by atoms with Gasteiger partial charge in [-0.2, -0.15) is 13.2 Å². The number of benzene rings is 2. The van der Waals surface area contributed by atoms with Gasteiger partial charge in [0.05, 0.1) is 28.2 Å². The summed E-state index contributed by atoms with van der Waals surface area (Å²) < 4.78 is 51.0. The second kappa shape index (κ2) is 16.9. The molecule has 3 aromatic rings. The van der Waals surface area contributed by atoms with Crippen molar-refractivity contribution in [3.05, 3.63) is 75.7 Å². The van der Waals surface area contributed by atoms with Gasteiger partial charge in [0.25, 0.3) is 0 Å². The molecule has 14 heteroatoms. The number of halogens is 4. The van der Waals surface area contributed by atoms with Crippen LogP contribution in [-0.4, -0.2) is 51.9 Å². The van der Waals surface area contributed by atoms with Gasteiger partial charge in [-0.05, 0) is 74.4 Å². The monoisotopic (exact) mass is 666 g/mol. The van der Waals surface area contributed by atoms with E-state index in [1.54, 1.807) is 6.07 Å². The van der Waals surface area contributed by atoms with Crippen molar-refractivity contribution < 1.29 is 37.1 Å². The number of aromatic amines is 1. The first kappa shape index (κ1) is 36.3. The number of nitrogens with zero attached hydrogens (tertiary/aromatic N) is 1. The number of primary amides is 1. The molecule has 5 rings (SSSR count). The van der Waals surface area contributed by atoms with Crippen LogP contribution >= 0.6 is 11.3 Å². The first-order valence-electron chi connectivity index (χ1n) is 15.0. The Morgan fingerprint density at radius 3 is 2.59 bits per heavy atom. The minimum Gasteiger partial charge on any atom is -0.481 e. The number of carbonyl (C=O) groups excluding carboxylic acids is 2. The van der Waals surface area contributed by atoms with Gasteiger partial charge in [-0.25, -0.2) is 4.39 Å². The molecule has 2 heterocycles. The van der Waals surface area contributed by atoms with Crippen LogP contribution in [-0.2, 0) is 20.6 Å². The van der Waals surface area contributed by atoms with Crippen LogP contribution < -0.4 is 15.9 Å². The SMILES string of the molecule is CCCCC/C=C\C1CC1C(=O)O.NC(=O)C1CCCN1C(=O)CNc1cccc(C(F)(F)F)c1.O=c1[nH]c2ccc(F)cc2s1. The number of unbranched alkanes of at least 4 members (excludes halogenated alkanes) is 3. The Balaban J connectivity index is 0.000000203. The zero-order valence-electron chi connectivity index (χ0n) is 25.3. The van der Waals surface area contributed by atoms with Crippen LogP contribution in [0.1, 0.15) is 57.4 Å². The fourth-order valence-electron chi connectivity index (χ4n) is 4.86. The second-order valence-corrected chi connectivity index (χ2v) is 12.0. The van der Waals surface area contributed by atoms with Crippen molar-refractivity contribution in [3.8, 4) is 0 Å². The summed E-state index contributed by atoms with van der Waals surface area (Å²) in [6.07, 6.45) is 6.69. The average molecular weight is 667 g/mol. The Hall–Kier alpha value is -4.20. The van der Waals surface area contributed by atoms with Crippen molar-refractivity contribution >= 4 is 45.0 Å². The minimum atomic E-state index is -4.44. The number of nitrogens with one attached hydrogen (secondary N) is 2.